The first-order valence-corrected chi connectivity index (χ1v) is 9.84. The highest BCUT2D eigenvalue weighted by molar-refractivity contribution is 5.95. The molecule has 6 nitrogen and oxygen atoms in total. The number of aryl methyl sites for hydroxylation is 1. The number of aromatic nitrogens is 4. The fourth-order valence-electron chi connectivity index (χ4n) is 3.30. The van der Waals surface area contributed by atoms with Crippen molar-refractivity contribution in [3.05, 3.63) is 61.1 Å². The Kier molecular flexibility index (Phi) is 5.16. The molecule has 6 heteroatoms. The largest absolute Gasteiger partial charge is 0.354 e. The van der Waals surface area contributed by atoms with Gasteiger partial charge in [-0.05, 0) is 29.7 Å². The second-order valence-electron chi connectivity index (χ2n) is 7.65. The third-order valence-electron chi connectivity index (χ3n) is 4.94. The topological polar surface area (TPSA) is 58.9 Å². The summed E-state index contributed by atoms with van der Waals surface area (Å²) in [5, 5.41) is 3.30. The maximum absolute atomic E-state index is 4.69. The average molecular weight is 387 g/mol. The van der Waals surface area contributed by atoms with Gasteiger partial charge >= 0.3 is 0 Å². The van der Waals surface area contributed by atoms with Gasteiger partial charge in [-0.25, -0.2) is 9.97 Å². The molecule has 0 spiro atoms. The summed E-state index contributed by atoms with van der Waals surface area (Å²) >= 11 is 0. The molecular weight excluding hydrogens is 360 g/mol. The zero-order chi connectivity index (χ0) is 20.4. The monoisotopic (exact) mass is 386 g/mol. The summed E-state index contributed by atoms with van der Waals surface area (Å²) in [6, 6.07) is 16.6. The smallest absolute Gasteiger partial charge is 0.224 e. The SMILES string of the molecule is CC(C)CNc1nccc(N(C)c2cc(-c3ccccc3)c3ncn(C)c3c2)n1. The van der Waals surface area contributed by atoms with Crippen molar-refractivity contribution < 1.29 is 0 Å². The van der Waals surface area contributed by atoms with E-state index in [-0.39, 0.29) is 0 Å². The van der Waals surface area contributed by atoms with E-state index in [1.807, 2.05) is 32.6 Å². The van der Waals surface area contributed by atoms with E-state index in [0.29, 0.717) is 11.9 Å². The molecule has 148 valence electrons. The van der Waals surface area contributed by atoms with Gasteiger partial charge in [0, 0.05) is 38.1 Å². The molecule has 4 aromatic rings. The predicted octanol–water partition coefficient (Wildman–Crippen LogP) is 4.87. The van der Waals surface area contributed by atoms with Crippen molar-refractivity contribution in [2.45, 2.75) is 13.8 Å². The van der Waals surface area contributed by atoms with E-state index in [4.69, 9.17) is 4.98 Å². The number of rotatable bonds is 6. The Labute approximate surface area is 171 Å². The Bertz CT molecular complexity index is 1120. The number of hydrogen-bond donors (Lipinski definition) is 1. The number of anilines is 3. The van der Waals surface area contributed by atoms with E-state index in [1.54, 1.807) is 6.20 Å². The first-order chi connectivity index (χ1) is 14.0. The Morgan fingerprint density at radius 1 is 1.07 bits per heavy atom. The van der Waals surface area contributed by atoms with E-state index in [9.17, 15) is 0 Å². The second-order valence-corrected chi connectivity index (χ2v) is 7.65. The summed E-state index contributed by atoms with van der Waals surface area (Å²) in [5.41, 5.74) is 5.39. The van der Waals surface area contributed by atoms with Crippen LogP contribution in [0.15, 0.2) is 61.1 Å². The molecule has 0 fully saturated rings. The van der Waals surface area contributed by atoms with E-state index in [0.717, 1.165) is 40.2 Å². The van der Waals surface area contributed by atoms with Gasteiger partial charge in [-0.1, -0.05) is 44.2 Å². The highest BCUT2D eigenvalue weighted by Crippen LogP contribution is 2.34. The molecule has 0 bridgehead atoms. The zero-order valence-corrected chi connectivity index (χ0v) is 17.3. The van der Waals surface area contributed by atoms with Crippen LogP contribution in [0.25, 0.3) is 22.2 Å². The summed E-state index contributed by atoms with van der Waals surface area (Å²) < 4.78 is 2.05. The van der Waals surface area contributed by atoms with Crippen LogP contribution in [0.2, 0.25) is 0 Å². The Hall–Kier alpha value is -3.41. The molecule has 0 saturated heterocycles. The lowest BCUT2D eigenvalue weighted by Gasteiger charge is -2.20. The maximum Gasteiger partial charge on any atom is 0.224 e. The molecule has 0 radical (unpaired) electrons. The van der Waals surface area contributed by atoms with Gasteiger partial charge in [0.2, 0.25) is 5.95 Å². The van der Waals surface area contributed by atoms with Gasteiger partial charge in [0.05, 0.1) is 17.4 Å². The number of fused-ring (bicyclic) bond motifs is 1. The minimum Gasteiger partial charge on any atom is -0.354 e. The quantitative estimate of drug-likeness (QED) is 0.512. The van der Waals surface area contributed by atoms with Gasteiger partial charge in [0.15, 0.2) is 0 Å². The Balaban J connectivity index is 1.76. The van der Waals surface area contributed by atoms with Crippen LogP contribution in [0.4, 0.5) is 17.5 Å². The Morgan fingerprint density at radius 2 is 1.86 bits per heavy atom. The van der Waals surface area contributed by atoms with Crippen molar-refractivity contribution in [3.63, 3.8) is 0 Å². The fraction of sp³-hybridized carbons (Fsp3) is 0.261. The van der Waals surface area contributed by atoms with Crippen molar-refractivity contribution in [1.29, 1.82) is 0 Å². The first kappa shape index (κ1) is 18.9. The molecule has 2 aromatic carbocycles. The van der Waals surface area contributed by atoms with Gasteiger partial charge < -0.3 is 14.8 Å². The first-order valence-electron chi connectivity index (χ1n) is 9.84. The molecule has 4 rings (SSSR count). The number of nitrogens with one attached hydrogen (secondary N) is 1. The van der Waals surface area contributed by atoms with Gasteiger partial charge in [-0.3, -0.25) is 0 Å². The molecule has 0 aliphatic heterocycles. The standard InChI is InChI=1S/C23H26N6/c1-16(2)14-25-23-24-11-10-21(27-23)29(4)18-12-19(17-8-6-5-7-9-17)22-20(13-18)28(3)15-26-22/h5-13,15-16H,14H2,1-4H3,(H,24,25,27). The lowest BCUT2D eigenvalue weighted by Crippen LogP contribution is -2.15. The van der Waals surface area contributed by atoms with Crippen LogP contribution < -0.4 is 10.2 Å². The molecule has 1 N–H and O–H groups in total. The number of hydrogen-bond acceptors (Lipinski definition) is 5. The van der Waals surface area contributed by atoms with Crippen molar-refractivity contribution in [2.24, 2.45) is 13.0 Å². The molecule has 2 heterocycles. The molecule has 0 amide bonds. The lowest BCUT2D eigenvalue weighted by molar-refractivity contribution is 0.684. The van der Waals surface area contributed by atoms with Gasteiger partial charge in [0.25, 0.3) is 0 Å². The summed E-state index contributed by atoms with van der Waals surface area (Å²) in [4.78, 5) is 15.8. The maximum atomic E-state index is 4.69. The fourth-order valence-corrected chi connectivity index (χ4v) is 3.30. The summed E-state index contributed by atoms with van der Waals surface area (Å²) in [5.74, 6) is 2.01. The number of nitrogens with zero attached hydrogens (tertiary/aromatic N) is 5. The van der Waals surface area contributed by atoms with Crippen LogP contribution in [0.1, 0.15) is 13.8 Å². The van der Waals surface area contributed by atoms with E-state index in [1.165, 1.54) is 0 Å². The average Bonchev–Trinajstić information content (AvgIpc) is 3.12. The van der Waals surface area contributed by atoms with Crippen LogP contribution in [0, 0.1) is 5.92 Å². The summed E-state index contributed by atoms with van der Waals surface area (Å²) in [7, 11) is 4.05. The minimum absolute atomic E-state index is 0.528. The van der Waals surface area contributed by atoms with E-state index >= 15 is 0 Å². The summed E-state index contributed by atoms with van der Waals surface area (Å²) in [6.45, 7) is 5.17. The van der Waals surface area contributed by atoms with Crippen molar-refractivity contribution in [1.82, 2.24) is 19.5 Å². The Morgan fingerprint density at radius 3 is 2.62 bits per heavy atom. The molecule has 0 unspecified atom stereocenters. The molecule has 29 heavy (non-hydrogen) atoms. The third-order valence-corrected chi connectivity index (χ3v) is 4.94. The molecule has 0 saturated carbocycles. The van der Waals surface area contributed by atoms with Crippen molar-refractivity contribution in [2.75, 3.05) is 23.8 Å². The highest BCUT2D eigenvalue weighted by atomic mass is 15.2. The molecule has 0 atom stereocenters. The lowest BCUT2D eigenvalue weighted by atomic mass is 10.0. The van der Waals surface area contributed by atoms with Gasteiger partial charge in [0.1, 0.15) is 5.82 Å². The molecule has 0 aliphatic carbocycles. The van der Waals surface area contributed by atoms with Crippen molar-refractivity contribution >= 4 is 28.5 Å². The molecular formula is C23H26N6. The second kappa shape index (κ2) is 7.91. The number of imidazole rings is 1. The van der Waals surface area contributed by atoms with Crippen LogP contribution in [-0.2, 0) is 7.05 Å². The molecule has 2 aromatic heterocycles. The predicted molar refractivity (Wildman–Crippen MR) is 120 cm³/mol. The van der Waals surface area contributed by atoms with Crippen LogP contribution in [0.3, 0.4) is 0 Å². The summed E-state index contributed by atoms with van der Waals surface area (Å²) in [6.07, 6.45) is 3.65. The minimum atomic E-state index is 0.528. The van der Waals surface area contributed by atoms with E-state index < -0.39 is 0 Å². The van der Waals surface area contributed by atoms with E-state index in [2.05, 4.69) is 75.0 Å². The van der Waals surface area contributed by atoms with Gasteiger partial charge in [-0.2, -0.15) is 4.98 Å². The van der Waals surface area contributed by atoms with Crippen LogP contribution >= 0.6 is 0 Å². The van der Waals surface area contributed by atoms with Gasteiger partial charge in [-0.15, -0.1) is 0 Å². The third kappa shape index (κ3) is 3.92. The van der Waals surface area contributed by atoms with Crippen LogP contribution in [-0.4, -0.2) is 33.1 Å². The zero-order valence-electron chi connectivity index (χ0n) is 17.3. The molecule has 0 aliphatic rings. The highest BCUT2D eigenvalue weighted by Gasteiger charge is 2.14. The van der Waals surface area contributed by atoms with Crippen LogP contribution in [0.5, 0.6) is 0 Å². The number of benzene rings is 2. The van der Waals surface area contributed by atoms with Crippen molar-refractivity contribution in [3.8, 4) is 11.1 Å². The normalized spacial score (nSPS) is 11.2.